The largest absolute Gasteiger partial charge is 0.614 e. The second kappa shape index (κ2) is 5.64. The first kappa shape index (κ1) is 16.2. The summed E-state index contributed by atoms with van der Waals surface area (Å²) in [6.45, 7) is 5.09. The smallest absolute Gasteiger partial charge is 0.352 e. The lowest BCUT2D eigenvalue weighted by molar-refractivity contribution is -0.148. The van der Waals surface area contributed by atoms with E-state index in [4.69, 9.17) is 5.11 Å². The first-order valence-electron chi connectivity index (χ1n) is 5.49. The van der Waals surface area contributed by atoms with Gasteiger partial charge in [-0.1, -0.05) is 0 Å². The van der Waals surface area contributed by atoms with E-state index >= 15 is 0 Å². The number of aliphatic carboxylic acids is 1. The van der Waals surface area contributed by atoms with E-state index in [0.29, 0.717) is 11.3 Å². The van der Waals surface area contributed by atoms with Crippen molar-refractivity contribution in [2.45, 2.75) is 32.2 Å². The van der Waals surface area contributed by atoms with Gasteiger partial charge in [-0.2, -0.15) is 0 Å². The summed E-state index contributed by atoms with van der Waals surface area (Å²) in [5.74, 6) is -1.35. The van der Waals surface area contributed by atoms with E-state index in [0.717, 1.165) is 4.90 Å². The van der Waals surface area contributed by atoms with Crippen molar-refractivity contribution in [2.75, 3.05) is 5.75 Å². The van der Waals surface area contributed by atoms with Crippen LogP contribution in [0, 0.1) is 0 Å². The maximum absolute atomic E-state index is 12.0. The lowest BCUT2D eigenvalue weighted by atomic mass is 10.0. The standard InChI is InChI=1S/C11H14N2O4S.BrH/c1-5(2)12-7-9(14)13-8(11(15)16)6(3)4-18(17)10(7)13;/h7,10H,4H2,1-3H3,(H,15,16);1H/t7?,10-,18?;/m0./s1. The number of amides is 1. The number of β-lactam (4-membered cyclic amide) rings is 1. The van der Waals surface area contributed by atoms with E-state index in [1.807, 2.05) is 0 Å². The Morgan fingerprint density at radius 3 is 2.58 bits per heavy atom. The molecule has 0 bridgehead atoms. The van der Waals surface area contributed by atoms with E-state index in [1.165, 1.54) is 0 Å². The van der Waals surface area contributed by atoms with E-state index in [9.17, 15) is 14.1 Å². The molecular weight excluding hydrogens is 336 g/mol. The van der Waals surface area contributed by atoms with Crippen LogP contribution in [0.3, 0.4) is 0 Å². The van der Waals surface area contributed by atoms with Crippen LogP contribution in [0.1, 0.15) is 20.8 Å². The molecule has 0 aromatic carbocycles. The van der Waals surface area contributed by atoms with Gasteiger partial charge in [-0.05, 0) is 31.9 Å². The van der Waals surface area contributed by atoms with Crippen LogP contribution >= 0.6 is 17.0 Å². The molecule has 19 heavy (non-hydrogen) atoms. The summed E-state index contributed by atoms with van der Waals surface area (Å²) in [5.41, 5.74) is 1.15. The number of halogens is 1. The minimum absolute atomic E-state index is 0. The van der Waals surface area contributed by atoms with Gasteiger partial charge < -0.3 is 9.66 Å². The van der Waals surface area contributed by atoms with Crippen molar-refractivity contribution in [3.63, 3.8) is 0 Å². The zero-order valence-corrected chi connectivity index (χ0v) is 13.3. The molecule has 1 fully saturated rings. The zero-order chi connectivity index (χ0) is 13.6. The normalized spacial score (nSPS) is 29.2. The predicted octanol–water partition coefficient (Wildman–Crippen LogP) is 0.703. The van der Waals surface area contributed by atoms with Crippen molar-refractivity contribution in [1.29, 1.82) is 0 Å². The predicted molar refractivity (Wildman–Crippen MR) is 76.9 cm³/mol. The minimum Gasteiger partial charge on any atom is -0.614 e. The van der Waals surface area contributed by atoms with Crippen LogP contribution in [0.4, 0.5) is 0 Å². The van der Waals surface area contributed by atoms with Crippen LogP contribution < -0.4 is 0 Å². The van der Waals surface area contributed by atoms with Crippen molar-refractivity contribution < 1.29 is 19.2 Å². The maximum atomic E-state index is 12.0. The third kappa shape index (κ3) is 2.56. The van der Waals surface area contributed by atoms with Crippen LogP contribution in [-0.2, 0) is 20.8 Å². The Morgan fingerprint density at radius 1 is 1.53 bits per heavy atom. The maximum Gasteiger partial charge on any atom is 0.352 e. The minimum atomic E-state index is -1.29. The molecule has 2 aliphatic rings. The van der Waals surface area contributed by atoms with E-state index in [2.05, 4.69) is 4.99 Å². The van der Waals surface area contributed by atoms with Crippen LogP contribution in [0.5, 0.6) is 0 Å². The fourth-order valence-electron chi connectivity index (χ4n) is 2.20. The molecule has 8 heteroatoms. The van der Waals surface area contributed by atoms with Crippen LogP contribution in [0.25, 0.3) is 0 Å². The van der Waals surface area contributed by atoms with Crippen molar-refractivity contribution >= 4 is 45.7 Å². The molecule has 0 saturated carbocycles. The molecule has 2 unspecified atom stereocenters. The highest BCUT2D eigenvalue weighted by Gasteiger charge is 2.60. The molecule has 2 rings (SSSR count). The van der Waals surface area contributed by atoms with E-state index < -0.39 is 28.6 Å². The lowest BCUT2D eigenvalue weighted by Gasteiger charge is -2.47. The molecule has 0 radical (unpaired) electrons. The Kier molecular flexibility index (Phi) is 4.81. The number of aliphatic imine (C=N–C) groups is 1. The van der Waals surface area contributed by atoms with Gasteiger partial charge in [-0.15, -0.1) is 17.0 Å². The Morgan fingerprint density at radius 2 is 2.11 bits per heavy atom. The highest BCUT2D eigenvalue weighted by molar-refractivity contribution is 8.93. The van der Waals surface area contributed by atoms with Crippen LogP contribution in [-0.4, -0.2) is 49.3 Å². The summed E-state index contributed by atoms with van der Waals surface area (Å²) >= 11 is -1.29. The average molecular weight is 351 g/mol. The van der Waals surface area contributed by atoms with E-state index in [1.54, 1.807) is 20.8 Å². The fourth-order valence-corrected chi connectivity index (χ4v) is 3.85. The first-order chi connectivity index (χ1) is 8.34. The third-order valence-electron chi connectivity index (χ3n) is 2.89. The van der Waals surface area contributed by atoms with E-state index in [-0.39, 0.29) is 34.3 Å². The topological polar surface area (TPSA) is 93.0 Å². The first-order valence-corrected chi connectivity index (χ1v) is 6.87. The molecular formula is C11H15BrN2O4S. The number of carbonyl (C=O) groups is 2. The van der Waals surface area contributed by atoms with Gasteiger partial charge in [0.15, 0.2) is 6.04 Å². The molecule has 3 atom stereocenters. The molecule has 2 aliphatic heterocycles. The molecule has 106 valence electrons. The molecule has 0 aliphatic carbocycles. The monoisotopic (exact) mass is 350 g/mol. The van der Waals surface area contributed by atoms with Gasteiger partial charge in [-0.3, -0.25) is 14.7 Å². The summed E-state index contributed by atoms with van der Waals surface area (Å²) in [6, 6.07) is -0.696. The van der Waals surface area contributed by atoms with Crippen molar-refractivity contribution in [2.24, 2.45) is 4.99 Å². The molecule has 0 aromatic rings. The van der Waals surface area contributed by atoms with Crippen molar-refractivity contribution in [3.8, 4) is 0 Å². The van der Waals surface area contributed by atoms with Gasteiger partial charge in [0.2, 0.25) is 5.37 Å². The van der Waals surface area contributed by atoms with Gasteiger partial charge >= 0.3 is 5.97 Å². The number of fused-ring (bicyclic) bond motifs is 1. The van der Waals surface area contributed by atoms with Gasteiger partial charge in [0.1, 0.15) is 11.4 Å². The third-order valence-corrected chi connectivity index (χ3v) is 4.61. The molecule has 0 aromatic heterocycles. The molecule has 6 nitrogen and oxygen atoms in total. The fraction of sp³-hybridized carbons (Fsp3) is 0.545. The molecule has 2 heterocycles. The SMILES string of the molecule is Br.CC(C)=NC1C(=O)N2C(C(=O)O)=C(C)C[S+]([O-])[C@@H]12. The Hall–Kier alpha value is -0.860. The molecule has 1 saturated heterocycles. The molecule has 0 spiro atoms. The Balaban J connectivity index is 0.00000180. The summed E-state index contributed by atoms with van der Waals surface area (Å²) < 4.78 is 12.0. The number of nitrogens with zero attached hydrogens (tertiary/aromatic N) is 2. The number of rotatable bonds is 2. The lowest BCUT2D eigenvalue weighted by Crippen LogP contribution is -2.69. The number of hydrogen-bond donors (Lipinski definition) is 1. The van der Waals surface area contributed by atoms with Gasteiger partial charge in [0.25, 0.3) is 5.91 Å². The highest BCUT2D eigenvalue weighted by atomic mass is 79.9. The Labute approximate surface area is 124 Å². The summed E-state index contributed by atoms with van der Waals surface area (Å²) in [5, 5.41) is 8.49. The molecule has 1 N–H and O–H groups in total. The second-order valence-corrected chi connectivity index (χ2v) is 6.11. The second-order valence-electron chi connectivity index (χ2n) is 4.58. The summed E-state index contributed by atoms with van der Waals surface area (Å²) in [7, 11) is 0. The van der Waals surface area contributed by atoms with Gasteiger partial charge in [0.05, 0.1) is 0 Å². The quantitative estimate of drug-likeness (QED) is 0.450. The number of carbonyl (C=O) groups excluding carboxylic acids is 1. The number of hydrogen-bond acceptors (Lipinski definition) is 4. The van der Waals surface area contributed by atoms with Crippen LogP contribution in [0.15, 0.2) is 16.3 Å². The zero-order valence-electron chi connectivity index (χ0n) is 10.7. The molecule has 1 amide bonds. The summed E-state index contributed by atoms with van der Waals surface area (Å²) in [4.78, 5) is 28.3. The highest BCUT2D eigenvalue weighted by Crippen LogP contribution is 2.38. The number of carboxylic acid groups (broad SMARTS) is 1. The van der Waals surface area contributed by atoms with Crippen molar-refractivity contribution in [3.05, 3.63) is 11.3 Å². The van der Waals surface area contributed by atoms with Gasteiger partial charge in [0, 0.05) is 11.3 Å². The van der Waals surface area contributed by atoms with Crippen LogP contribution in [0.2, 0.25) is 0 Å². The summed E-state index contributed by atoms with van der Waals surface area (Å²) in [6.07, 6.45) is 0. The average Bonchev–Trinajstić information content (AvgIpc) is 2.24. The van der Waals surface area contributed by atoms with Crippen molar-refractivity contribution in [1.82, 2.24) is 4.90 Å². The van der Waals surface area contributed by atoms with Gasteiger partial charge in [-0.25, -0.2) is 4.79 Å². The Bertz CT molecular complexity index is 487. The number of carboxylic acids is 1.